The normalized spacial score (nSPS) is 10.2. The summed E-state index contributed by atoms with van der Waals surface area (Å²) in [5.74, 6) is -0.126. The predicted octanol–water partition coefficient (Wildman–Crippen LogP) is 4.21. The maximum Gasteiger partial charge on any atom is 0.255 e. The van der Waals surface area contributed by atoms with Gasteiger partial charge in [-0.3, -0.25) is 4.79 Å². The minimum Gasteiger partial charge on any atom is -0.322 e. The van der Waals surface area contributed by atoms with Gasteiger partial charge < -0.3 is 5.32 Å². The summed E-state index contributed by atoms with van der Waals surface area (Å²) in [6.07, 6.45) is 0. The molecule has 0 radical (unpaired) electrons. The van der Waals surface area contributed by atoms with Crippen LogP contribution in [0.3, 0.4) is 0 Å². The van der Waals surface area contributed by atoms with Gasteiger partial charge in [0, 0.05) is 16.3 Å². The summed E-state index contributed by atoms with van der Waals surface area (Å²) in [4.78, 5) is 12.0. The molecule has 3 heteroatoms. The van der Waals surface area contributed by atoms with Crippen LogP contribution in [-0.2, 0) is 0 Å². The highest BCUT2D eigenvalue weighted by Crippen LogP contribution is 2.20. The topological polar surface area (TPSA) is 29.1 Å². The summed E-state index contributed by atoms with van der Waals surface area (Å²) < 4.78 is 0. The van der Waals surface area contributed by atoms with Crippen LogP contribution in [0, 0.1) is 13.8 Å². The van der Waals surface area contributed by atoms with Crippen LogP contribution in [0.25, 0.3) is 0 Å². The van der Waals surface area contributed by atoms with Crippen molar-refractivity contribution in [1.29, 1.82) is 0 Å². The Morgan fingerprint density at radius 3 is 2.56 bits per heavy atom. The molecule has 0 aliphatic carbocycles. The second-order valence-corrected chi connectivity index (χ2v) is 4.69. The molecule has 2 nitrogen and oxygen atoms in total. The van der Waals surface area contributed by atoms with Crippen molar-refractivity contribution in [2.75, 3.05) is 5.32 Å². The highest BCUT2D eigenvalue weighted by Gasteiger charge is 2.06. The number of nitrogens with one attached hydrogen (secondary N) is 1. The number of carbonyl (C=O) groups is 1. The van der Waals surface area contributed by atoms with Gasteiger partial charge in [-0.05, 0) is 43.7 Å². The van der Waals surface area contributed by atoms with Gasteiger partial charge in [-0.1, -0.05) is 35.4 Å². The first-order valence-corrected chi connectivity index (χ1v) is 6.08. The molecule has 0 fully saturated rings. The molecule has 2 rings (SSSR count). The molecule has 92 valence electrons. The number of benzene rings is 2. The molecule has 0 aromatic heterocycles. The Hall–Kier alpha value is -1.80. The van der Waals surface area contributed by atoms with Crippen LogP contribution >= 0.6 is 11.6 Å². The van der Waals surface area contributed by atoms with Crippen molar-refractivity contribution in [3.8, 4) is 0 Å². The third-order valence-corrected chi connectivity index (χ3v) is 3.12. The maximum atomic E-state index is 12.0. The number of carbonyl (C=O) groups excluding carboxylic acids is 1. The zero-order chi connectivity index (χ0) is 13.1. The Bertz CT molecular complexity index is 593. The quantitative estimate of drug-likeness (QED) is 0.860. The monoisotopic (exact) mass is 259 g/mol. The average molecular weight is 260 g/mol. The first-order chi connectivity index (χ1) is 8.56. The Kier molecular flexibility index (Phi) is 3.68. The lowest BCUT2D eigenvalue weighted by Gasteiger charge is -2.07. The Labute approximate surface area is 112 Å². The number of anilines is 1. The highest BCUT2D eigenvalue weighted by atomic mass is 35.5. The molecule has 0 bridgehead atoms. The van der Waals surface area contributed by atoms with Crippen LogP contribution in [-0.4, -0.2) is 5.91 Å². The molecule has 2 aromatic rings. The summed E-state index contributed by atoms with van der Waals surface area (Å²) >= 11 is 6.02. The van der Waals surface area contributed by atoms with Crippen molar-refractivity contribution < 1.29 is 4.79 Å². The van der Waals surface area contributed by atoms with Crippen LogP contribution in [0.1, 0.15) is 21.5 Å². The lowest BCUT2D eigenvalue weighted by atomic mass is 10.1. The zero-order valence-corrected chi connectivity index (χ0v) is 11.1. The molecule has 0 aliphatic rings. The lowest BCUT2D eigenvalue weighted by molar-refractivity contribution is 0.102. The van der Waals surface area contributed by atoms with Gasteiger partial charge in [0.2, 0.25) is 0 Å². The fraction of sp³-hybridized carbons (Fsp3) is 0.133. The van der Waals surface area contributed by atoms with E-state index in [2.05, 4.69) is 5.32 Å². The number of rotatable bonds is 2. The molecule has 0 spiro atoms. The Morgan fingerprint density at radius 1 is 1.11 bits per heavy atom. The molecule has 0 heterocycles. The first-order valence-electron chi connectivity index (χ1n) is 5.70. The third-order valence-electron chi connectivity index (χ3n) is 2.71. The fourth-order valence-electron chi connectivity index (χ4n) is 1.66. The largest absolute Gasteiger partial charge is 0.322 e. The SMILES string of the molecule is Cc1cccc(C(=O)Nc2ccc(C)c(Cl)c2)c1. The summed E-state index contributed by atoms with van der Waals surface area (Å²) in [6.45, 7) is 3.88. The number of hydrogen-bond acceptors (Lipinski definition) is 1. The van der Waals surface area contributed by atoms with Gasteiger partial charge in [-0.25, -0.2) is 0 Å². The summed E-state index contributed by atoms with van der Waals surface area (Å²) in [7, 11) is 0. The van der Waals surface area contributed by atoms with E-state index in [1.54, 1.807) is 12.1 Å². The van der Waals surface area contributed by atoms with E-state index in [-0.39, 0.29) is 5.91 Å². The third kappa shape index (κ3) is 2.90. The van der Waals surface area contributed by atoms with Gasteiger partial charge in [0.15, 0.2) is 0 Å². The van der Waals surface area contributed by atoms with Crippen LogP contribution in [0.15, 0.2) is 42.5 Å². The smallest absolute Gasteiger partial charge is 0.255 e. The first kappa shape index (κ1) is 12.7. The van der Waals surface area contributed by atoms with Crippen LogP contribution in [0.5, 0.6) is 0 Å². The van der Waals surface area contributed by atoms with Crippen LogP contribution in [0.4, 0.5) is 5.69 Å². The molecule has 0 atom stereocenters. The van der Waals surface area contributed by atoms with E-state index in [9.17, 15) is 4.79 Å². The molecule has 0 unspecified atom stereocenters. The van der Waals surface area contributed by atoms with Gasteiger partial charge in [-0.2, -0.15) is 0 Å². The molecular weight excluding hydrogens is 246 g/mol. The predicted molar refractivity (Wildman–Crippen MR) is 75.3 cm³/mol. The van der Waals surface area contributed by atoms with E-state index < -0.39 is 0 Å². The second kappa shape index (κ2) is 5.23. The van der Waals surface area contributed by atoms with E-state index in [1.807, 2.05) is 44.2 Å². The van der Waals surface area contributed by atoms with Crippen molar-refractivity contribution in [3.63, 3.8) is 0 Å². The summed E-state index contributed by atoms with van der Waals surface area (Å²) in [5.41, 5.74) is 3.40. The average Bonchev–Trinajstić information content (AvgIpc) is 2.34. The van der Waals surface area contributed by atoms with E-state index in [1.165, 1.54) is 0 Å². The molecule has 1 N–H and O–H groups in total. The minimum atomic E-state index is -0.126. The molecular formula is C15H14ClNO. The lowest BCUT2D eigenvalue weighted by Crippen LogP contribution is -2.11. The second-order valence-electron chi connectivity index (χ2n) is 4.29. The van der Waals surface area contributed by atoms with Gasteiger partial charge >= 0.3 is 0 Å². The van der Waals surface area contributed by atoms with Gasteiger partial charge in [-0.15, -0.1) is 0 Å². The van der Waals surface area contributed by atoms with Crippen molar-refractivity contribution in [1.82, 2.24) is 0 Å². The maximum absolute atomic E-state index is 12.0. The number of amides is 1. The van der Waals surface area contributed by atoms with Crippen molar-refractivity contribution >= 4 is 23.2 Å². The number of halogens is 1. The minimum absolute atomic E-state index is 0.126. The van der Waals surface area contributed by atoms with E-state index in [4.69, 9.17) is 11.6 Å². The number of hydrogen-bond donors (Lipinski definition) is 1. The van der Waals surface area contributed by atoms with E-state index >= 15 is 0 Å². The number of aryl methyl sites for hydroxylation is 2. The summed E-state index contributed by atoms with van der Waals surface area (Å²) in [6, 6.07) is 12.9. The van der Waals surface area contributed by atoms with Gasteiger partial charge in [0.1, 0.15) is 0 Å². The molecule has 0 saturated heterocycles. The fourth-order valence-corrected chi connectivity index (χ4v) is 1.84. The van der Waals surface area contributed by atoms with Crippen molar-refractivity contribution in [2.45, 2.75) is 13.8 Å². The van der Waals surface area contributed by atoms with Crippen LogP contribution < -0.4 is 5.32 Å². The molecule has 0 saturated carbocycles. The van der Waals surface area contributed by atoms with Crippen molar-refractivity contribution in [2.24, 2.45) is 0 Å². The van der Waals surface area contributed by atoms with E-state index in [0.717, 1.165) is 11.1 Å². The summed E-state index contributed by atoms with van der Waals surface area (Å²) in [5, 5.41) is 3.48. The van der Waals surface area contributed by atoms with Gasteiger partial charge in [0.05, 0.1) is 0 Å². The Morgan fingerprint density at radius 2 is 1.89 bits per heavy atom. The Balaban J connectivity index is 2.18. The van der Waals surface area contributed by atoms with Gasteiger partial charge in [0.25, 0.3) is 5.91 Å². The zero-order valence-electron chi connectivity index (χ0n) is 10.3. The highest BCUT2D eigenvalue weighted by molar-refractivity contribution is 6.31. The molecule has 2 aromatic carbocycles. The van der Waals surface area contributed by atoms with E-state index in [0.29, 0.717) is 16.3 Å². The molecule has 18 heavy (non-hydrogen) atoms. The molecule has 0 aliphatic heterocycles. The van der Waals surface area contributed by atoms with Crippen LogP contribution in [0.2, 0.25) is 5.02 Å². The molecule has 1 amide bonds. The van der Waals surface area contributed by atoms with Crippen molar-refractivity contribution in [3.05, 3.63) is 64.2 Å². The standard InChI is InChI=1S/C15H14ClNO/c1-10-4-3-5-12(8-10)15(18)17-13-7-6-11(2)14(16)9-13/h3-9H,1-2H3,(H,17,18).